The Morgan fingerprint density at radius 1 is 1.54 bits per heavy atom. The molecule has 0 amide bonds. The fourth-order valence-corrected chi connectivity index (χ4v) is 1.78. The summed E-state index contributed by atoms with van der Waals surface area (Å²) < 4.78 is 5.28. The molecule has 0 aromatic carbocycles. The first-order valence-electron chi connectivity index (χ1n) is 4.48. The third kappa shape index (κ3) is 3.51. The molecule has 1 aliphatic carbocycles. The molecule has 0 saturated heterocycles. The molecular formula is C10H15O2Y-. The predicted octanol–water partition coefficient (Wildman–Crippen LogP) is 2.24. The Hall–Kier alpha value is 0.314. The largest absolute Gasteiger partial charge is 0.484 e. The van der Waals surface area contributed by atoms with Gasteiger partial charge in [-0.1, -0.05) is 6.92 Å². The van der Waals surface area contributed by atoms with Gasteiger partial charge in [-0.2, -0.15) is 0 Å². The maximum atomic E-state index is 10.9. The number of esters is 1. The van der Waals surface area contributed by atoms with Gasteiger partial charge in [0.15, 0.2) is 0 Å². The molecule has 1 radical (unpaired) electrons. The number of hydrogen-bond donors (Lipinski definition) is 0. The van der Waals surface area contributed by atoms with Crippen molar-refractivity contribution in [2.75, 3.05) is 0 Å². The number of carbonyl (C=O) groups is 1. The molecule has 3 heteroatoms. The van der Waals surface area contributed by atoms with Crippen LogP contribution < -0.4 is 0 Å². The number of carbonyl (C=O) groups excluding carboxylic acids is 1. The molecule has 0 aromatic heterocycles. The molecule has 0 aromatic rings. The Kier molecular flexibility index (Phi) is 6.07. The van der Waals surface area contributed by atoms with Gasteiger partial charge in [-0.05, 0) is 32.1 Å². The Morgan fingerprint density at radius 3 is 2.46 bits per heavy atom. The van der Waals surface area contributed by atoms with Crippen molar-refractivity contribution in [1.82, 2.24) is 0 Å². The second kappa shape index (κ2) is 5.92. The zero-order chi connectivity index (χ0) is 9.03. The van der Waals surface area contributed by atoms with Gasteiger partial charge in [0.1, 0.15) is 11.6 Å². The van der Waals surface area contributed by atoms with E-state index in [4.69, 9.17) is 4.74 Å². The molecule has 0 bridgehead atoms. The van der Waals surface area contributed by atoms with E-state index in [-0.39, 0.29) is 38.3 Å². The van der Waals surface area contributed by atoms with Gasteiger partial charge < -0.3 is 10.8 Å². The molecule has 0 spiro atoms. The van der Waals surface area contributed by atoms with Crippen LogP contribution in [0.25, 0.3) is 0 Å². The minimum Gasteiger partial charge on any atom is -0.484 e. The van der Waals surface area contributed by atoms with Crippen LogP contribution in [0.15, 0.2) is 6.58 Å². The van der Waals surface area contributed by atoms with E-state index in [9.17, 15) is 4.79 Å². The number of hydrogen-bond acceptors (Lipinski definition) is 2. The Bertz CT molecular complexity index is 183. The molecule has 71 valence electrons. The summed E-state index contributed by atoms with van der Waals surface area (Å²) in [5, 5.41) is 0. The molecule has 1 saturated carbocycles. The maximum absolute atomic E-state index is 10.9. The first-order chi connectivity index (χ1) is 5.72. The van der Waals surface area contributed by atoms with E-state index >= 15 is 0 Å². The van der Waals surface area contributed by atoms with Crippen molar-refractivity contribution in [2.45, 2.75) is 44.6 Å². The molecule has 1 aliphatic rings. The van der Waals surface area contributed by atoms with Crippen LogP contribution in [0.3, 0.4) is 0 Å². The van der Waals surface area contributed by atoms with Crippen LogP contribution in [0.2, 0.25) is 0 Å². The molecule has 13 heavy (non-hydrogen) atoms. The van der Waals surface area contributed by atoms with E-state index in [0.717, 1.165) is 32.1 Å². The zero-order valence-corrected chi connectivity index (χ0v) is 11.0. The average Bonchev–Trinajstić information content (AvgIpc) is 2.54. The van der Waals surface area contributed by atoms with Crippen molar-refractivity contribution in [3.8, 4) is 0 Å². The Balaban J connectivity index is 0.00000144. The standard InChI is InChI=1S/C10H15O2.Y/c1-3-9(11)12-10(4-2)7-5-6-8-10;/h1,4-8H2,2H3;/q-1;. The van der Waals surface area contributed by atoms with E-state index in [1.54, 1.807) is 0 Å². The van der Waals surface area contributed by atoms with Crippen molar-refractivity contribution < 1.29 is 42.2 Å². The van der Waals surface area contributed by atoms with Gasteiger partial charge in [0.05, 0.1) is 0 Å². The van der Waals surface area contributed by atoms with Crippen LogP contribution in [0.1, 0.15) is 39.0 Å². The average molecular weight is 256 g/mol. The van der Waals surface area contributed by atoms with Crippen molar-refractivity contribution in [3.63, 3.8) is 0 Å². The van der Waals surface area contributed by atoms with E-state index in [1.165, 1.54) is 0 Å². The zero-order valence-electron chi connectivity index (χ0n) is 8.14. The van der Waals surface area contributed by atoms with E-state index in [2.05, 4.69) is 19.6 Å². The summed E-state index contributed by atoms with van der Waals surface area (Å²) in [6.45, 7) is 5.33. The van der Waals surface area contributed by atoms with Crippen molar-refractivity contribution in [2.24, 2.45) is 0 Å². The first-order valence-corrected chi connectivity index (χ1v) is 4.48. The fraction of sp³-hybridized carbons (Fsp3) is 0.700. The first kappa shape index (κ1) is 13.3. The maximum Gasteiger partial charge on any atom is 0.147 e. The Labute approximate surface area is 105 Å². The van der Waals surface area contributed by atoms with Gasteiger partial charge in [0.25, 0.3) is 0 Å². The topological polar surface area (TPSA) is 26.3 Å². The number of ether oxygens (including phenoxy) is 1. The van der Waals surface area contributed by atoms with Crippen LogP contribution in [0.4, 0.5) is 0 Å². The third-order valence-electron chi connectivity index (χ3n) is 2.61. The summed E-state index contributed by atoms with van der Waals surface area (Å²) in [5.74, 6) is -0.404. The van der Waals surface area contributed by atoms with E-state index in [0.29, 0.717) is 0 Å². The van der Waals surface area contributed by atoms with Crippen LogP contribution in [-0.4, -0.2) is 11.6 Å². The smallest absolute Gasteiger partial charge is 0.147 e. The molecule has 0 N–H and O–H groups in total. The normalized spacial score (nSPS) is 18.8. The van der Waals surface area contributed by atoms with Crippen molar-refractivity contribution >= 4 is 5.97 Å². The van der Waals surface area contributed by atoms with Gasteiger partial charge in [0, 0.05) is 32.7 Å². The number of rotatable bonds is 3. The summed E-state index contributed by atoms with van der Waals surface area (Å²) in [4.78, 5) is 10.9. The molecule has 0 heterocycles. The summed E-state index contributed by atoms with van der Waals surface area (Å²) in [6.07, 6.45) is 7.47. The van der Waals surface area contributed by atoms with Crippen LogP contribution in [-0.2, 0) is 42.2 Å². The third-order valence-corrected chi connectivity index (χ3v) is 2.61. The van der Waals surface area contributed by atoms with Gasteiger partial charge in [-0.15, -0.1) is 0 Å². The Morgan fingerprint density at radius 2 is 2.08 bits per heavy atom. The summed E-state index contributed by atoms with van der Waals surface area (Å²) in [6, 6.07) is 0. The van der Waals surface area contributed by atoms with Gasteiger partial charge in [-0.25, -0.2) is 0 Å². The van der Waals surface area contributed by atoms with Crippen molar-refractivity contribution in [3.05, 3.63) is 12.7 Å². The van der Waals surface area contributed by atoms with Gasteiger partial charge in [-0.3, -0.25) is 11.4 Å². The minimum absolute atomic E-state index is 0. The molecule has 1 rings (SSSR count). The summed E-state index contributed by atoms with van der Waals surface area (Å²) in [7, 11) is 0. The molecular weight excluding hydrogens is 241 g/mol. The van der Waals surface area contributed by atoms with Gasteiger partial charge in [0.2, 0.25) is 0 Å². The summed E-state index contributed by atoms with van der Waals surface area (Å²) in [5.41, 5.74) is -0.193. The van der Waals surface area contributed by atoms with E-state index in [1.807, 2.05) is 0 Å². The predicted molar refractivity (Wildman–Crippen MR) is 46.5 cm³/mol. The van der Waals surface area contributed by atoms with Crippen LogP contribution in [0, 0.1) is 6.08 Å². The second-order valence-corrected chi connectivity index (χ2v) is 3.31. The fourth-order valence-electron chi connectivity index (χ4n) is 1.78. The quantitative estimate of drug-likeness (QED) is 0.439. The van der Waals surface area contributed by atoms with Gasteiger partial charge >= 0.3 is 0 Å². The molecule has 0 atom stereocenters. The van der Waals surface area contributed by atoms with Crippen molar-refractivity contribution in [1.29, 1.82) is 0 Å². The molecule has 0 unspecified atom stereocenters. The monoisotopic (exact) mass is 256 g/mol. The SMILES string of the molecule is C=[C-]C(=O)OC1(CC)CCCC1.[Y]. The molecule has 0 aliphatic heterocycles. The molecule has 1 fully saturated rings. The van der Waals surface area contributed by atoms with Crippen LogP contribution in [0.5, 0.6) is 0 Å². The second-order valence-electron chi connectivity index (χ2n) is 3.31. The summed E-state index contributed by atoms with van der Waals surface area (Å²) >= 11 is 0. The van der Waals surface area contributed by atoms with Crippen LogP contribution >= 0.6 is 0 Å². The minimum atomic E-state index is -0.404. The molecule has 2 nitrogen and oxygen atoms in total. The van der Waals surface area contributed by atoms with E-state index < -0.39 is 5.97 Å².